The molecule has 0 heterocycles. The lowest BCUT2D eigenvalue weighted by Crippen LogP contribution is -2.56. The van der Waals surface area contributed by atoms with Gasteiger partial charge in [0, 0.05) is 10.2 Å². The molecule has 2 unspecified atom stereocenters. The molecule has 2 rings (SSSR count). The van der Waals surface area contributed by atoms with Crippen molar-refractivity contribution in [1.29, 1.82) is 0 Å². The molecule has 0 spiro atoms. The maximum atomic E-state index is 6.22. The summed E-state index contributed by atoms with van der Waals surface area (Å²) in [6.07, 6.45) is 3.83. The van der Waals surface area contributed by atoms with Gasteiger partial charge in [0.05, 0.1) is 0 Å². The number of hydrogen-bond acceptors (Lipinski definition) is 1. The van der Waals surface area contributed by atoms with Crippen LogP contribution in [0.3, 0.4) is 0 Å². The number of rotatable bonds is 5. The Morgan fingerprint density at radius 3 is 2.21 bits per heavy atom. The minimum Gasteiger partial charge on any atom is -0.490 e. The maximum Gasteiger partial charge on any atom is 0.119 e. The van der Waals surface area contributed by atoms with E-state index in [0.717, 1.165) is 12.2 Å². The van der Waals surface area contributed by atoms with Gasteiger partial charge in [0.25, 0.3) is 0 Å². The Morgan fingerprint density at radius 2 is 1.79 bits per heavy atom. The van der Waals surface area contributed by atoms with Crippen molar-refractivity contribution in [2.75, 3.05) is 0 Å². The molecule has 0 amide bonds. The van der Waals surface area contributed by atoms with Gasteiger partial charge in [-0.05, 0) is 42.9 Å². The minimum absolute atomic E-state index is 0.316. The molecular weight excluding hydrogens is 300 g/mol. The van der Waals surface area contributed by atoms with Gasteiger partial charge >= 0.3 is 0 Å². The fourth-order valence-electron chi connectivity index (χ4n) is 3.11. The first kappa shape index (κ1) is 14.9. The first-order valence-corrected chi connectivity index (χ1v) is 8.35. The number of benzene rings is 1. The van der Waals surface area contributed by atoms with Crippen molar-refractivity contribution in [3.05, 3.63) is 29.8 Å². The van der Waals surface area contributed by atoms with Crippen LogP contribution in [0.4, 0.5) is 0 Å². The van der Waals surface area contributed by atoms with Crippen LogP contribution in [0.15, 0.2) is 24.3 Å². The third-order valence-corrected chi connectivity index (χ3v) is 6.11. The molecule has 0 N–H and O–H groups in total. The van der Waals surface area contributed by atoms with E-state index in [-0.39, 0.29) is 0 Å². The molecule has 1 aliphatic carbocycles. The van der Waals surface area contributed by atoms with Crippen LogP contribution in [0.25, 0.3) is 0 Å². The van der Waals surface area contributed by atoms with E-state index < -0.39 is 0 Å². The van der Waals surface area contributed by atoms with E-state index in [4.69, 9.17) is 4.74 Å². The average molecular weight is 325 g/mol. The Morgan fingerprint density at radius 1 is 1.21 bits per heavy atom. The number of hydrogen-bond donors (Lipinski definition) is 0. The molecule has 1 saturated carbocycles. The largest absolute Gasteiger partial charge is 0.490 e. The van der Waals surface area contributed by atoms with Crippen LogP contribution in [0.1, 0.15) is 58.4 Å². The van der Waals surface area contributed by atoms with Gasteiger partial charge in [-0.25, -0.2) is 0 Å². The van der Waals surface area contributed by atoms with Crippen molar-refractivity contribution in [1.82, 2.24) is 0 Å². The summed E-state index contributed by atoms with van der Waals surface area (Å²) >= 11 is 3.81. The molecule has 1 fully saturated rings. The molecule has 0 bridgehead atoms. The van der Waals surface area contributed by atoms with Gasteiger partial charge in [0.2, 0.25) is 0 Å². The second kappa shape index (κ2) is 5.87. The number of alkyl halides is 1. The van der Waals surface area contributed by atoms with E-state index in [9.17, 15) is 0 Å². The SMILES string of the molecule is CCC1(CC)C(Br)CC1Oc1ccc(C(C)C)cc1. The van der Waals surface area contributed by atoms with Gasteiger partial charge in [0.15, 0.2) is 0 Å². The molecule has 1 nitrogen and oxygen atoms in total. The molecule has 0 aliphatic heterocycles. The average Bonchev–Trinajstić information content (AvgIpc) is 2.40. The predicted molar refractivity (Wildman–Crippen MR) is 85.3 cm³/mol. The number of halogens is 1. The van der Waals surface area contributed by atoms with Gasteiger partial charge in [-0.2, -0.15) is 0 Å². The summed E-state index contributed by atoms with van der Waals surface area (Å²) < 4.78 is 6.22. The molecule has 1 aromatic carbocycles. The van der Waals surface area contributed by atoms with Crippen LogP contribution in [0, 0.1) is 5.41 Å². The first-order valence-electron chi connectivity index (χ1n) is 7.44. The van der Waals surface area contributed by atoms with E-state index in [0.29, 0.717) is 22.3 Å². The molecule has 2 atom stereocenters. The summed E-state index contributed by atoms with van der Waals surface area (Å²) in [5.41, 5.74) is 1.69. The van der Waals surface area contributed by atoms with Crippen LogP contribution in [0.5, 0.6) is 5.75 Å². The lowest BCUT2D eigenvalue weighted by molar-refractivity contribution is -0.0411. The van der Waals surface area contributed by atoms with E-state index in [1.165, 1.54) is 18.4 Å². The highest BCUT2D eigenvalue weighted by Crippen LogP contribution is 2.52. The van der Waals surface area contributed by atoms with E-state index in [2.05, 4.69) is 67.9 Å². The van der Waals surface area contributed by atoms with Crippen molar-refractivity contribution >= 4 is 15.9 Å². The van der Waals surface area contributed by atoms with Crippen molar-refractivity contribution < 1.29 is 4.74 Å². The third-order valence-electron chi connectivity index (χ3n) is 4.83. The standard InChI is InChI=1S/C17H25BrO/c1-5-17(6-2)15(18)11-16(17)19-14-9-7-13(8-10-14)12(3)4/h7-10,12,15-16H,5-6,11H2,1-4H3. The monoisotopic (exact) mass is 324 g/mol. The third kappa shape index (κ3) is 2.69. The van der Waals surface area contributed by atoms with E-state index >= 15 is 0 Å². The highest BCUT2D eigenvalue weighted by atomic mass is 79.9. The van der Waals surface area contributed by atoms with E-state index in [1.807, 2.05) is 0 Å². The second-order valence-corrected chi connectivity index (χ2v) is 7.08. The highest BCUT2D eigenvalue weighted by Gasteiger charge is 2.53. The normalized spacial score (nSPS) is 25.2. The molecule has 1 aliphatic rings. The van der Waals surface area contributed by atoms with Crippen LogP contribution >= 0.6 is 15.9 Å². The first-order chi connectivity index (χ1) is 9.03. The molecule has 2 heteroatoms. The Hall–Kier alpha value is -0.500. The highest BCUT2D eigenvalue weighted by molar-refractivity contribution is 9.09. The topological polar surface area (TPSA) is 9.23 Å². The Balaban J connectivity index is 2.05. The summed E-state index contributed by atoms with van der Waals surface area (Å²) in [7, 11) is 0. The summed E-state index contributed by atoms with van der Waals surface area (Å²) in [6, 6.07) is 8.60. The van der Waals surface area contributed by atoms with Crippen LogP contribution in [-0.2, 0) is 0 Å². The Bertz CT molecular complexity index is 406. The predicted octanol–water partition coefficient (Wildman–Crippen LogP) is 5.53. The molecule has 0 radical (unpaired) electrons. The number of ether oxygens (including phenoxy) is 1. The zero-order valence-corrected chi connectivity index (χ0v) is 14.0. The Kier molecular flexibility index (Phi) is 4.60. The molecule has 1 aromatic rings. The van der Waals surface area contributed by atoms with Gasteiger partial charge in [-0.3, -0.25) is 0 Å². The lowest BCUT2D eigenvalue weighted by Gasteiger charge is -2.52. The van der Waals surface area contributed by atoms with Crippen molar-refractivity contribution in [3.63, 3.8) is 0 Å². The van der Waals surface area contributed by atoms with Crippen LogP contribution < -0.4 is 4.74 Å². The van der Waals surface area contributed by atoms with Crippen molar-refractivity contribution in [2.24, 2.45) is 5.41 Å². The fourth-order valence-corrected chi connectivity index (χ4v) is 4.39. The summed E-state index contributed by atoms with van der Waals surface area (Å²) in [4.78, 5) is 0.606. The van der Waals surface area contributed by atoms with Gasteiger partial charge in [0.1, 0.15) is 11.9 Å². The zero-order valence-electron chi connectivity index (χ0n) is 12.4. The summed E-state index contributed by atoms with van der Waals surface area (Å²) in [5, 5.41) is 0. The molecule has 0 saturated heterocycles. The summed E-state index contributed by atoms with van der Waals surface area (Å²) in [6.45, 7) is 8.98. The lowest BCUT2D eigenvalue weighted by atomic mass is 9.62. The second-order valence-electron chi connectivity index (χ2n) is 5.97. The van der Waals surface area contributed by atoms with Gasteiger partial charge < -0.3 is 4.74 Å². The van der Waals surface area contributed by atoms with Crippen molar-refractivity contribution in [3.8, 4) is 5.75 Å². The molecule has 0 aromatic heterocycles. The molecule has 106 valence electrons. The van der Waals surface area contributed by atoms with Gasteiger partial charge in [-0.1, -0.05) is 55.8 Å². The zero-order chi connectivity index (χ0) is 14.0. The maximum absolute atomic E-state index is 6.22. The minimum atomic E-state index is 0.316. The molecule has 19 heavy (non-hydrogen) atoms. The van der Waals surface area contributed by atoms with Crippen LogP contribution in [-0.4, -0.2) is 10.9 Å². The smallest absolute Gasteiger partial charge is 0.119 e. The fraction of sp³-hybridized carbons (Fsp3) is 0.647. The van der Waals surface area contributed by atoms with Crippen LogP contribution in [0.2, 0.25) is 0 Å². The van der Waals surface area contributed by atoms with Crippen molar-refractivity contribution in [2.45, 2.75) is 63.8 Å². The van der Waals surface area contributed by atoms with E-state index in [1.54, 1.807) is 0 Å². The van der Waals surface area contributed by atoms with Gasteiger partial charge in [-0.15, -0.1) is 0 Å². The molecular formula is C17H25BrO. The quantitative estimate of drug-likeness (QED) is 0.647. The summed E-state index contributed by atoms with van der Waals surface area (Å²) in [5.74, 6) is 1.59. The Labute approximate surface area is 125 Å².